The highest BCUT2D eigenvalue weighted by Crippen LogP contribution is 2.10. The molecular weight excluding hydrogens is 182 g/mol. The summed E-state index contributed by atoms with van der Waals surface area (Å²) >= 11 is 0. The Morgan fingerprint density at radius 1 is 1.64 bits per heavy atom. The van der Waals surface area contributed by atoms with E-state index in [9.17, 15) is 9.90 Å². The van der Waals surface area contributed by atoms with Crippen molar-refractivity contribution >= 4 is 5.91 Å². The van der Waals surface area contributed by atoms with Crippen LogP contribution in [0.15, 0.2) is 0 Å². The predicted molar refractivity (Wildman–Crippen MR) is 52.9 cm³/mol. The number of ether oxygens (including phenoxy) is 1. The van der Waals surface area contributed by atoms with E-state index in [2.05, 4.69) is 0 Å². The van der Waals surface area contributed by atoms with Gasteiger partial charge in [0.15, 0.2) is 0 Å². The molecule has 1 aliphatic heterocycles. The average molecular weight is 201 g/mol. The predicted octanol–water partition coefficient (Wildman–Crippen LogP) is 0.252. The van der Waals surface area contributed by atoms with Crippen molar-refractivity contribution in [2.24, 2.45) is 5.92 Å². The Kier molecular flexibility index (Phi) is 4.35. The zero-order chi connectivity index (χ0) is 10.6. The normalized spacial score (nSPS) is 22.2. The number of hydrogen-bond donors (Lipinski definition) is 1. The molecular formula is C10H19NO3. The van der Waals surface area contributed by atoms with Crippen LogP contribution in [0.5, 0.6) is 0 Å². The van der Waals surface area contributed by atoms with Gasteiger partial charge in [-0.2, -0.15) is 0 Å². The number of aliphatic hydroxyl groups excluding tert-OH is 1. The fourth-order valence-corrected chi connectivity index (χ4v) is 1.42. The first kappa shape index (κ1) is 11.5. The van der Waals surface area contributed by atoms with Gasteiger partial charge in [-0.3, -0.25) is 4.79 Å². The van der Waals surface area contributed by atoms with Crippen molar-refractivity contribution in [2.45, 2.75) is 26.4 Å². The molecule has 0 aromatic carbocycles. The van der Waals surface area contributed by atoms with Gasteiger partial charge >= 0.3 is 0 Å². The number of carbonyl (C=O) groups excluding carboxylic acids is 1. The smallest absolute Gasteiger partial charge is 0.248 e. The molecule has 0 aromatic rings. The van der Waals surface area contributed by atoms with Crippen LogP contribution in [-0.2, 0) is 9.53 Å². The summed E-state index contributed by atoms with van der Waals surface area (Å²) < 4.78 is 5.01. The summed E-state index contributed by atoms with van der Waals surface area (Å²) in [6.07, 6.45) is 0.515. The highest BCUT2D eigenvalue weighted by molar-refractivity contribution is 5.78. The van der Waals surface area contributed by atoms with E-state index < -0.39 is 6.10 Å². The SMILES string of the molecule is CCC(C)C(O)CN1CCOCC1=O. The van der Waals surface area contributed by atoms with Crippen LogP contribution in [0.2, 0.25) is 0 Å². The number of carbonyl (C=O) groups is 1. The fraction of sp³-hybridized carbons (Fsp3) is 0.900. The first-order chi connectivity index (χ1) is 6.65. The van der Waals surface area contributed by atoms with Gasteiger partial charge in [0.1, 0.15) is 6.61 Å². The Labute approximate surface area is 84.8 Å². The maximum atomic E-state index is 11.3. The molecule has 1 heterocycles. The zero-order valence-corrected chi connectivity index (χ0v) is 8.90. The summed E-state index contributed by atoms with van der Waals surface area (Å²) in [5.41, 5.74) is 0. The van der Waals surface area contributed by atoms with Crippen molar-refractivity contribution in [1.29, 1.82) is 0 Å². The molecule has 4 nitrogen and oxygen atoms in total. The Bertz CT molecular complexity index is 196. The minimum Gasteiger partial charge on any atom is -0.391 e. The van der Waals surface area contributed by atoms with Crippen molar-refractivity contribution < 1.29 is 14.6 Å². The van der Waals surface area contributed by atoms with E-state index in [1.165, 1.54) is 0 Å². The Morgan fingerprint density at radius 3 is 2.93 bits per heavy atom. The number of amides is 1. The Morgan fingerprint density at radius 2 is 2.36 bits per heavy atom. The highest BCUT2D eigenvalue weighted by atomic mass is 16.5. The van der Waals surface area contributed by atoms with Crippen molar-refractivity contribution in [3.63, 3.8) is 0 Å². The number of rotatable bonds is 4. The van der Waals surface area contributed by atoms with E-state index in [1.54, 1.807) is 4.90 Å². The maximum Gasteiger partial charge on any atom is 0.248 e. The molecule has 2 atom stereocenters. The minimum absolute atomic E-state index is 0.0152. The van der Waals surface area contributed by atoms with E-state index >= 15 is 0 Å². The van der Waals surface area contributed by atoms with Gasteiger partial charge in [-0.1, -0.05) is 20.3 Å². The summed E-state index contributed by atoms with van der Waals surface area (Å²) in [5.74, 6) is 0.226. The maximum absolute atomic E-state index is 11.3. The number of nitrogens with zero attached hydrogens (tertiary/aromatic N) is 1. The van der Waals surface area contributed by atoms with Crippen LogP contribution in [0.1, 0.15) is 20.3 Å². The Hall–Kier alpha value is -0.610. The highest BCUT2D eigenvalue weighted by Gasteiger charge is 2.23. The quantitative estimate of drug-likeness (QED) is 0.709. The second-order valence-electron chi connectivity index (χ2n) is 3.85. The number of morpholine rings is 1. The lowest BCUT2D eigenvalue weighted by Gasteiger charge is -2.30. The number of aliphatic hydroxyl groups is 1. The van der Waals surface area contributed by atoms with E-state index in [-0.39, 0.29) is 18.4 Å². The molecule has 1 N–H and O–H groups in total. The van der Waals surface area contributed by atoms with Crippen molar-refractivity contribution in [1.82, 2.24) is 4.90 Å². The standard InChI is InChI=1S/C10H19NO3/c1-3-8(2)9(12)6-11-4-5-14-7-10(11)13/h8-9,12H,3-7H2,1-2H3. The minimum atomic E-state index is -0.415. The molecule has 0 aliphatic carbocycles. The summed E-state index contributed by atoms with van der Waals surface area (Å²) in [6, 6.07) is 0. The molecule has 0 bridgehead atoms. The largest absolute Gasteiger partial charge is 0.391 e. The lowest BCUT2D eigenvalue weighted by atomic mass is 10.0. The molecule has 0 spiro atoms. The monoisotopic (exact) mass is 201 g/mol. The van der Waals surface area contributed by atoms with Crippen molar-refractivity contribution in [3.05, 3.63) is 0 Å². The molecule has 0 aromatic heterocycles. The molecule has 14 heavy (non-hydrogen) atoms. The molecule has 1 rings (SSSR count). The average Bonchev–Trinajstić information content (AvgIpc) is 2.20. The molecule has 4 heteroatoms. The fourth-order valence-electron chi connectivity index (χ4n) is 1.42. The van der Waals surface area contributed by atoms with E-state index in [0.717, 1.165) is 6.42 Å². The molecule has 0 radical (unpaired) electrons. The molecule has 82 valence electrons. The van der Waals surface area contributed by atoms with Crippen molar-refractivity contribution in [3.8, 4) is 0 Å². The summed E-state index contributed by atoms with van der Waals surface area (Å²) in [7, 11) is 0. The first-order valence-corrected chi connectivity index (χ1v) is 5.18. The molecule has 0 saturated carbocycles. The van der Waals surface area contributed by atoms with Gasteiger partial charge in [0.25, 0.3) is 0 Å². The van der Waals surface area contributed by atoms with Gasteiger partial charge in [-0.15, -0.1) is 0 Å². The van der Waals surface area contributed by atoms with Crippen LogP contribution in [0.3, 0.4) is 0 Å². The van der Waals surface area contributed by atoms with Gasteiger partial charge in [0.05, 0.1) is 12.7 Å². The molecule has 2 unspecified atom stereocenters. The van der Waals surface area contributed by atoms with Crippen LogP contribution >= 0.6 is 0 Å². The third kappa shape index (κ3) is 2.96. The molecule has 1 fully saturated rings. The molecule has 1 aliphatic rings. The van der Waals surface area contributed by atoms with E-state index in [1.807, 2.05) is 13.8 Å². The van der Waals surface area contributed by atoms with Gasteiger partial charge in [-0.25, -0.2) is 0 Å². The van der Waals surface area contributed by atoms with Gasteiger partial charge in [0, 0.05) is 13.1 Å². The number of β-amino-alcohol motifs (C(OH)–C–C–N with tert-alkyl or cyclic N) is 1. The molecule has 1 saturated heterocycles. The first-order valence-electron chi connectivity index (χ1n) is 5.18. The third-order valence-corrected chi connectivity index (χ3v) is 2.79. The van der Waals surface area contributed by atoms with Crippen LogP contribution < -0.4 is 0 Å². The van der Waals surface area contributed by atoms with Gasteiger partial charge < -0.3 is 14.7 Å². The van der Waals surface area contributed by atoms with Crippen LogP contribution in [0.25, 0.3) is 0 Å². The topological polar surface area (TPSA) is 49.8 Å². The second-order valence-corrected chi connectivity index (χ2v) is 3.85. The van der Waals surface area contributed by atoms with Crippen LogP contribution in [0, 0.1) is 5.92 Å². The van der Waals surface area contributed by atoms with Crippen LogP contribution in [0.4, 0.5) is 0 Å². The second kappa shape index (κ2) is 5.32. The summed E-state index contributed by atoms with van der Waals surface area (Å²) in [6.45, 7) is 5.82. The van der Waals surface area contributed by atoms with Gasteiger partial charge in [-0.05, 0) is 5.92 Å². The molecule has 1 amide bonds. The van der Waals surface area contributed by atoms with Crippen LogP contribution in [-0.4, -0.2) is 48.3 Å². The third-order valence-electron chi connectivity index (χ3n) is 2.79. The van der Waals surface area contributed by atoms with E-state index in [0.29, 0.717) is 19.7 Å². The van der Waals surface area contributed by atoms with E-state index in [4.69, 9.17) is 4.74 Å². The Balaban J connectivity index is 2.38. The summed E-state index contributed by atoms with van der Waals surface area (Å²) in [5, 5.41) is 9.75. The summed E-state index contributed by atoms with van der Waals surface area (Å²) in [4.78, 5) is 13.0. The lowest BCUT2D eigenvalue weighted by molar-refractivity contribution is -0.144. The lowest BCUT2D eigenvalue weighted by Crippen LogP contribution is -2.46. The van der Waals surface area contributed by atoms with Gasteiger partial charge in [0.2, 0.25) is 5.91 Å². The van der Waals surface area contributed by atoms with Crippen molar-refractivity contribution in [2.75, 3.05) is 26.3 Å². The zero-order valence-electron chi connectivity index (χ0n) is 8.90. The number of hydrogen-bond acceptors (Lipinski definition) is 3.